The monoisotopic (exact) mass is 475 g/mol. The van der Waals surface area contributed by atoms with Crippen molar-refractivity contribution in [2.75, 3.05) is 24.2 Å². The van der Waals surface area contributed by atoms with Gasteiger partial charge >= 0.3 is 6.01 Å². The van der Waals surface area contributed by atoms with Gasteiger partial charge in [0, 0.05) is 30.8 Å². The summed E-state index contributed by atoms with van der Waals surface area (Å²) in [6.07, 6.45) is 2.51. The molecule has 0 radical (unpaired) electrons. The lowest BCUT2D eigenvalue weighted by Crippen LogP contribution is -2.37. The lowest BCUT2D eigenvalue weighted by atomic mass is 10.1. The van der Waals surface area contributed by atoms with Crippen LogP contribution >= 0.6 is 0 Å². The van der Waals surface area contributed by atoms with E-state index in [2.05, 4.69) is 25.2 Å². The van der Waals surface area contributed by atoms with E-state index in [4.69, 9.17) is 13.8 Å². The van der Waals surface area contributed by atoms with Gasteiger partial charge in [0.1, 0.15) is 6.10 Å². The maximum absolute atomic E-state index is 11.8. The van der Waals surface area contributed by atoms with Crippen molar-refractivity contribution in [1.29, 1.82) is 0 Å². The highest BCUT2D eigenvalue weighted by Crippen LogP contribution is 2.28. The molecule has 0 amide bonds. The fourth-order valence-electron chi connectivity index (χ4n) is 3.84. The van der Waals surface area contributed by atoms with Crippen LogP contribution in [0.5, 0.6) is 0 Å². The minimum atomic E-state index is -3.28. The maximum atomic E-state index is 11.8. The van der Waals surface area contributed by atoms with Crippen molar-refractivity contribution < 1.29 is 22.2 Å². The van der Waals surface area contributed by atoms with Gasteiger partial charge < -0.3 is 18.7 Å². The van der Waals surface area contributed by atoms with Crippen molar-refractivity contribution in [2.45, 2.75) is 63.6 Å². The maximum Gasteiger partial charge on any atom is 0.324 e. The number of ether oxygens (including phenoxy) is 1. The quantitative estimate of drug-likeness (QED) is 0.499. The van der Waals surface area contributed by atoms with E-state index in [1.165, 1.54) is 6.26 Å². The molecular weight excluding hydrogens is 446 g/mol. The van der Waals surface area contributed by atoms with Gasteiger partial charge in [0.25, 0.3) is 5.89 Å². The molecule has 2 aromatic heterocycles. The van der Waals surface area contributed by atoms with E-state index in [1.54, 1.807) is 25.1 Å². The number of anilines is 1. The molecule has 178 valence electrons. The molecule has 1 saturated heterocycles. The van der Waals surface area contributed by atoms with Gasteiger partial charge in [0.2, 0.25) is 5.82 Å². The Balaban J connectivity index is 1.35. The molecule has 0 saturated carbocycles. The van der Waals surface area contributed by atoms with Gasteiger partial charge in [0.05, 0.1) is 11.0 Å². The SMILES string of the molecule is Cc1cc(-c2noc([C@@H](C)OC3CCN(c4nc(C(C)C)no4)CC3)n2)ccc1S(C)(=O)=O. The number of aryl methyl sites for hydroxylation is 1. The summed E-state index contributed by atoms with van der Waals surface area (Å²) < 4.78 is 40.7. The number of aromatic nitrogens is 4. The highest BCUT2D eigenvalue weighted by molar-refractivity contribution is 7.90. The molecule has 11 heteroatoms. The first-order chi connectivity index (χ1) is 15.6. The molecule has 0 aliphatic carbocycles. The van der Waals surface area contributed by atoms with E-state index < -0.39 is 9.84 Å². The van der Waals surface area contributed by atoms with Crippen molar-refractivity contribution in [3.8, 4) is 11.4 Å². The van der Waals surface area contributed by atoms with E-state index in [9.17, 15) is 8.42 Å². The number of sulfone groups is 1. The Morgan fingerprint density at radius 2 is 1.82 bits per heavy atom. The first-order valence-electron chi connectivity index (χ1n) is 11.0. The Morgan fingerprint density at radius 1 is 1.09 bits per heavy atom. The Morgan fingerprint density at radius 3 is 2.42 bits per heavy atom. The smallest absolute Gasteiger partial charge is 0.324 e. The predicted molar refractivity (Wildman–Crippen MR) is 121 cm³/mol. The topological polar surface area (TPSA) is 124 Å². The van der Waals surface area contributed by atoms with Crippen LogP contribution < -0.4 is 4.90 Å². The molecule has 0 unspecified atom stereocenters. The zero-order valence-corrected chi connectivity index (χ0v) is 20.3. The number of hydrogen-bond donors (Lipinski definition) is 0. The van der Waals surface area contributed by atoms with E-state index in [-0.39, 0.29) is 18.1 Å². The number of benzene rings is 1. The third kappa shape index (κ3) is 5.25. The van der Waals surface area contributed by atoms with Crippen LogP contribution in [0.25, 0.3) is 11.4 Å². The average molecular weight is 476 g/mol. The van der Waals surface area contributed by atoms with Gasteiger partial charge in [-0.3, -0.25) is 0 Å². The molecule has 1 aliphatic heterocycles. The number of piperidine rings is 1. The molecule has 0 spiro atoms. The van der Waals surface area contributed by atoms with Crippen LogP contribution in [0.1, 0.15) is 62.9 Å². The highest BCUT2D eigenvalue weighted by Gasteiger charge is 2.27. The van der Waals surface area contributed by atoms with E-state index in [0.29, 0.717) is 39.6 Å². The largest absolute Gasteiger partial charge is 0.365 e. The number of rotatable bonds is 7. The first kappa shape index (κ1) is 23.4. The summed E-state index contributed by atoms with van der Waals surface area (Å²) in [6.45, 7) is 9.22. The van der Waals surface area contributed by atoms with Crippen LogP contribution in [-0.2, 0) is 14.6 Å². The summed E-state index contributed by atoms with van der Waals surface area (Å²) in [4.78, 5) is 11.3. The third-order valence-electron chi connectivity index (χ3n) is 5.68. The summed E-state index contributed by atoms with van der Waals surface area (Å²) >= 11 is 0. The fraction of sp³-hybridized carbons (Fsp3) is 0.545. The average Bonchev–Trinajstić information content (AvgIpc) is 3.44. The third-order valence-corrected chi connectivity index (χ3v) is 6.94. The van der Waals surface area contributed by atoms with Crippen molar-refractivity contribution in [3.63, 3.8) is 0 Å². The highest BCUT2D eigenvalue weighted by atomic mass is 32.2. The lowest BCUT2D eigenvalue weighted by Gasteiger charge is -2.31. The molecule has 4 rings (SSSR count). The number of nitrogens with zero attached hydrogens (tertiary/aromatic N) is 5. The second kappa shape index (κ2) is 9.22. The molecule has 3 aromatic rings. The standard InChI is InChI=1S/C22H29N5O5S/c1-13(2)19-24-22(32-25-19)27-10-8-17(9-11-27)30-15(4)21-23-20(26-31-21)16-6-7-18(14(3)12-16)33(5,28)29/h6-7,12-13,15,17H,8-11H2,1-5H3/t15-/m1/s1. The summed E-state index contributed by atoms with van der Waals surface area (Å²) in [5.41, 5.74) is 1.33. The molecule has 33 heavy (non-hydrogen) atoms. The van der Waals surface area contributed by atoms with Gasteiger partial charge in [-0.2, -0.15) is 9.97 Å². The molecule has 1 atom stereocenters. The predicted octanol–water partition coefficient (Wildman–Crippen LogP) is 3.70. The zero-order valence-electron chi connectivity index (χ0n) is 19.5. The van der Waals surface area contributed by atoms with Gasteiger partial charge in [-0.05, 0) is 50.5 Å². The summed E-state index contributed by atoms with van der Waals surface area (Å²) in [7, 11) is -3.28. The Kier molecular flexibility index (Phi) is 6.53. The molecule has 1 aliphatic rings. The van der Waals surface area contributed by atoms with E-state index in [1.807, 2.05) is 20.8 Å². The molecule has 3 heterocycles. The molecule has 1 fully saturated rings. The summed E-state index contributed by atoms with van der Waals surface area (Å²) in [5.74, 6) is 1.72. The summed E-state index contributed by atoms with van der Waals surface area (Å²) in [6, 6.07) is 5.55. The zero-order chi connectivity index (χ0) is 23.8. The molecule has 0 N–H and O–H groups in total. The number of hydrogen-bond acceptors (Lipinski definition) is 10. The van der Waals surface area contributed by atoms with Crippen molar-refractivity contribution >= 4 is 15.9 Å². The minimum absolute atomic E-state index is 0.0513. The van der Waals surface area contributed by atoms with Crippen molar-refractivity contribution in [2.24, 2.45) is 0 Å². The van der Waals surface area contributed by atoms with Gasteiger partial charge in [-0.15, -0.1) is 0 Å². The second-order valence-electron chi connectivity index (χ2n) is 8.76. The van der Waals surface area contributed by atoms with Crippen LogP contribution in [-0.4, -0.2) is 54.1 Å². The normalized spacial score (nSPS) is 16.5. The van der Waals surface area contributed by atoms with Crippen LogP contribution in [0.2, 0.25) is 0 Å². The fourth-order valence-corrected chi connectivity index (χ4v) is 4.80. The lowest BCUT2D eigenvalue weighted by molar-refractivity contribution is -0.0303. The minimum Gasteiger partial charge on any atom is -0.365 e. The molecule has 10 nitrogen and oxygen atoms in total. The van der Waals surface area contributed by atoms with Crippen LogP contribution in [0, 0.1) is 6.92 Å². The Labute approximate surface area is 193 Å². The van der Waals surface area contributed by atoms with E-state index >= 15 is 0 Å². The Hall–Kier alpha value is -2.79. The second-order valence-corrected chi connectivity index (χ2v) is 10.7. The molecule has 1 aromatic carbocycles. The van der Waals surface area contributed by atoms with Gasteiger partial charge in [-0.25, -0.2) is 8.42 Å². The van der Waals surface area contributed by atoms with E-state index in [0.717, 1.165) is 25.9 Å². The molecular formula is C22H29N5O5S. The Bertz CT molecular complexity index is 1210. The van der Waals surface area contributed by atoms with Gasteiger partial charge in [-0.1, -0.05) is 24.2 Å². The molecule has 0 bridgehead atoms. The van der Waals surface area contributed by atoms with Crippen molar-refractivity contribution in [1.82, 2.24) is 20.3 Å². The van der Waals surface area contributed by atoms with Crippen LogP contribution in [0.3, 0.4) is 0 Å². The van der Waals surface area contributed by atoms with Gasteiger partial charge in [0.15, 0.2) is 15.7 Å². The van der Waals surface area contributed by atoms with Crippen molar-refractivity contribution in [3.05, 3.63) is 35.5 Å². The van der Waals surface area contributed by atoms with Crippen LogP contribution in [0.4, 0.5) is 6.01 Å². The first-order valence-corrected chi connectivity index (χ1v) is 12.9. The summed E-state index contributed by atoms with van der Waals surface area (Å²) in [5, 5.41) is 8.08. The van der Waals surface area contributed by atoms with Crippen LogP contribution in [0.15, 0.2) is 32.1 Å².